The van der Waals surface area contributed by atoms with Crippen molar-refractivity contribution >= 4 is 0 Å². The van der Waals surface area contributed by atoms with E-state index in [1.165, 1.54) is 11.6 Å². The van der Waals surface area contributed by atoms with Crippen LogP contribution in [0.5, 0.6) is 5.75 Å². The summed E-state index contributed by atoms with van der Waals surface area (Å²) < 4.78 is 7.37. The molecule has 0 spiro atoms. The topological polar surface area (TPSA) is 57.0 Å². The lowest BCUT2D eigenvalue weighted by molar-refractivity contribution is 0.294. The molecule has 0 amide bonds. The molecule has 0 saturated carbocycles. The van der Waals surface area contributed by atoms with Crippen LogP contribution >= 0.6 is 0 Å². The predicted octanol–water partition coefficient (Wildman–Crippen LogP) is 3.91. The van der Waals surface area contributed by atoms with Crippen molar-refractivity contribution in [2.45, 2.75) is 40.8 Å². The first-order valence-electron chi connectivity index (χ1n) is 8.77. The molecule has 0 unspecified atom stereocenters. The lowest BCUT2D eigenvalue weighted by atomic mass is 10.1. The van der Waals surface area contributed by atoms with Crippen molar-refractivity contribution in [2.24, 2.45) is 0 Å². The van der Waals surface area contributed by atoms with Crippen LogP contribution in [0.1, 0.15) is 36.5 Å². The molecule has 0 aliphatic rings. The number of nitrogens with zero attached hydrogens (tertiary/aromatic N) is 3. The van der Waals surface area contributed by atoms with Crippen LogP contribution < -0.4 is 10.3 Å². The quantitative estimate of drug-likeness (QED) is 0.699. The molecule has 26 heavy (non-hydrogen) atoms. The highest BCUT2D eigenvalue weighted by Gasteiger charge is 2.06. The van der Waals surface area contributed by atoms with Gasteiger partial charge in [-0.2, -0.15) is 0 Å². The maximum atomic E-state index is 12.4. The normalized spacial score (nSPS) is 10.0. The molecule has 0 aliphatic heterocycles. The van der Waals surface area contributed by atoms with Crippen molar-refractivity contribution in [1.29, 1.82) is 0 Å². The molecule has 5 heteroatoms. The molecule has 1 aromatic carbocycles. The second kappa shape index (κ2) is 9.51. The van der Waals surface area contributed by atoms with Gasteiger partial charge in [0.05, 0.1) is 6.54 Å². The van der Waals surface area contributed by atoms with E-state index in [2.05, 4.69) is 9.97 Å². The van der Waals surface area contributed by atoms with Gasteiger partial charge in [-0.05, 0) is 31.5 Å². The zero-order valence-corrected chi connectivity index (χ0v) is 15.8. The molecular weight excluding hydrogens is 326 g/mol. The average molecular weight is 351 g/mol. The van der Waals surface area contributed by atoms with Crippen LogP contribution in [0.15, 0.2) is 59.7 Å². The molecule has 0 aliphatic carbocycles. The Morgan fingerprint density at radius 3 is 2.27 bits per heavy atom. The molecule has 3 rings (SSSR count). The number of aryl methyl sites for hydroxylation is 2. The fraction of sp³-hybridized carbons (Fsp3) is 0.286. The number of hydrogen-bond acceptors (Lipinski definition) is 4. The molecule has 3 aromatic rings. The summed E-state index contributed by atoms with van der Waals surface area (Å²) in [6, 6.07) is 13.3. The number of aromatic nitrogens is 3. The highest BCUT2D eigenvalue weighted by molar-refractivity contribution is 5.26. The van der Waals surface area contributed by atoms with Crippen molar-refractivity contribution in [3.63, 3.8) is 0 Å². The molecule has 0 bridgehead atoms. The molecule has 0 radical (unpaired) electrons. The van der Waals surface area contributed by atoms with Crippen LogP contribution in [0.4, 0.5) is 0 Å². The van der Waals surface area contributed by atoms with Crippen LogP contribution in [-0.2, 0) is 13.2 Å². The molecule has 5 nitrogen and oxygen atoms in total. The van der Waals surface area contributed by atoms with Gasteiger partial charge in [-0.1, -0.05) is 43.7 Å². The Balaban J connectivity index is 0.00000117. The van der Waals surface area contributed by atoms with E-state index in [1.807, 2.05) is 58.0 Å². The summed E-state index contributed by atoms with van der Waals surface area (Å²) >= 11 is 0. The fourth-order valence-corrected chi connectivity index (χ4v) is 2.41. The summed E-state index contributed by atoms with van der Waals surface area (Å²) in [6.45, 7) is 8.74. The Hall–Kier alpha value is -2.95. The maximum absolute atomic E-state index is 12.4. The monoisotopic (exact) mass is 351 g/mol. The maximum Gasteiger partial charge on any atom is 0.254 e. The van der Waals surface area contributed by atoms with Crippen molar-refractivity contribution < 1.29 is 4.74 Å². The molecule has 0 saturated heterocycles. The zero-order chi connectivity index (χ0) is 18.9. The third-order valence-corrected chi connectivity index (χ3v) is 3.76. The number of pyridine rings is 1. The van der Waals surface area contributed by atoms with Gasteiger partial charge in [0.1, 0.15) is 12.4 Å². The highest BCUT2D eigenvalue weighted by Crippen LogP contribution is 2.13. The number of ether oxygens (including phenoxy) is 1. The van der Waals surface area contributed by atoms with Crippen molar-refractivity contribution in [3.8, 4) is 5.75 Å². The van der Waals surface area contributed by atoms with Gasteiger partial charge in [0.15, 0.2) is 5.82 Å². The van der Waals surface area contributed by atoms with Crippen LogP contribution in [-0.4, -0.2) is 14.5 Å². The van der Waals surface area contributed by atoms with Gasteiger partial charge in [-0.25, -0.2) is 9.97 Å². The second-order valence-electron chi connectivity index (χ2n) is 5.70. The zero-order valence-electron chi connectivity index (χ0n) is 15.8. The van der Waals surface area contributed by atoms with E-state index in [-0.39, 0.29) is 12.2 Å². The lowest BCUT2D eigenvalue weighted by Crippen LogP contribution is -2.22. The first kappa shape index (κ1) is 19.4. The van der Waals surface area contributed by atoms with E-state index in [4.69, 9.17) is 4.74 Å². The molecular formula is C21H25N3O2. The Kier molecular flexibility index (Phi) is 7.09. The van der Waals surface area contributed by atoms with Gasteiger partial charge < -0.3 is 9.30 Å². The van der Waals surface area contributed by atoms with Crippen LogP contribution in [0.2, 0.25) is 0 Å². The lowest BCUT2D eigenvalue weighted by Gasteiger charge is -2.12. The summed E-state index contributed by atoms with van der Waals surface area (Å²) in [5, 5.41) is 0. The largest absolute Gasteiger partial charge is 0.485 e. The van der Waals surface area contributed by atoms with Crippen LogP contribution in [0, 0.1) is 13.8 Å². The average Bonchev–Trinajstić information content (AvgIpc) is 2.67. The van der Waals surface area contributed by atoms with Crippen LogP contribution in [0.25, 0.3) is 0 Å². The minimum Gasteiger partial charge on any atom is -0.485 e. The molecule has 136 valence electrons. The van der Waals surface area contributed by atoms with Crippen molar-refractivity contribution in [3.05, 3.63) is 87.9 Å². The van der Waals surface area contributed by atoms with E-state index in [0.29, 0.717) is 18.1 Å². The van der Waals surface area contributed by atoms with Gasteiger partial charge in [-0.15, -0.1) is 0 Å². The smallest absolute Gasteiger partial charge is 0.254 e. The SMILES string of the molecule is CC.Cc1ccc(Cn2c(C)cc(OCc3ncccn3)cc2=O)cc1. The van der Waals surface area contributed by atoms with Gasteiger partial charge in [-0.3, -0.25) is 4.79 Å². The number of hydrogen-bond donors (Lipinski definition) is 0. The molecule has 0 N–H and O–H groups in total. The van der Waals surface area contributed by atoms with E-state index in [1.54, 1.807) is 23.0 Å². The Morgan fingerprint density at radius 2 is 1.65 bits per heavy atom. The minimum atomic E-state index is -0.0837. The van der Waals surface area contributed by atoms with E-state index in [9.17, 15) is 4.79 Å². The van der Waals surface area contributed by atoms with Gasteiger partial charge >= 0.3 is 0 Å². The summed E-state index contributed by atoms with van der Waals surface area (Å²) in [7, 11) is 0. The molecule has 2 heterocycles. The predicted molar refractivity (Wildman–Crippen MR) is 103 cm³/mol. The van der Waals surface area contributed by atoms with Crippen LogP contribution in [0.3, 0.4) is 0 Å². The van der Waals surface area contributed by atoms with Crippen molar-refractivity contribution in [2.75, 3.05) is 0 Å². The third-order valence-electron chi connectivity index (χ3n) is 3.76. The number of benzene rings is 1. The standard InChI is InChI=1S/C19H19N3O2.C2H6/c1-14-4-6-16(7-5-14)12-22-15(2)10-17(11-19(22)23)24-13-18-20-8-3-9-21-18;1-2/h3-11H,12-13H2,1-2H3;1-2H3. The summed E-state index contributed by atoms with van der Waals surface area (Å²) in [6.07, 6.45) is 3.33. The first-order valence-corrected chi connectivity index (χ1v) is 8.77. The van der Waals surface area contributed by atoms with Gasteiger partial charge in [0.25, 0.3) is 5.56 Å². The Bertz CT molecular complexity index is 872. The molecule has 2 aromatic heterocycles. The van der Waals surface area contributed by atoms with E-state index >= 15 is 0 Å². The molecule has 0 fully saturated rings. The van der Waals surface area contributed by atoms with E-state index in [0.717, 1.165) is 11.3 Å². The fourth-order valence-electron chi connectivity index (χ4n) is 2.41. The second-order valence-corrected chi connectivity index (χ2v) is 5.70. The minimum absolute atomic E-state index is 0.0837. The van der Waals surface area contributed by atoms with Gasteiger partial charge in [0.2, 0.25) is 0 Å². The van der Waals surface area contributed by atoms with Gasteiger partial charge in [0, 0.05) is 24.2 Å². The Morgan fingerprint density at radius 1 is 1.00 bits per heavy atom. The number of rotatable bonds is 5. The first-order chi connectivity index (χ1) is 12.6. The summed E-state index contributed by atoms with van der Waals surface area (Å²) in [4.78, 5) is 20.6. The molecule has 0 atom stereocenters. The Labute approximate surface area is 154 Å². The van der Waals surface area contributed by atoms with Crippen molar-refractivity contribution in [1.82, 2.24) is 14.5 Å². The summed E-state index contributed by atoms with van der Waals surface area (Å²) in [5.41, 5.74) is 3.07. The third kappa shape index (κ3) is 5.28. The highest BCUT2D eigenvalue weighted by atomic mass is 16.5. The summed E-state index contributed by atoms with van der Waals surface area (Å²) in [5.74, 6) is 1.11. The van der Waals surface area contributed by atoms with E-state index < -0.39 is 0 Å².